The van der Waals surface area contributed by atoms with E-state index in [-0.39, 0.29) is 0 Å². The Morgan fingerprint density at radius 3 is 1.61 bits per heavy atom. The molecular formula is C20H21N3. The number of hydrogen-bond acceptors (Lipinski definition) is 3. The van der Waals surface area contributed by atoms with E-state index in [2.05, 4.69) is 24.0 Å². The predicted molar refractivity (Wildman–Crippen MR) is 93.5 cm³/mol. The summed E-state index contributed by atoms with van der Waals surface area (Å²) in [6, 6.07) is 19.6. The van der Waals surface area contributed by atoms with Gasteiger partial charge in [-0.2, -0.15) is 10.5 Å². The fourth-order valence-corrected chi connectivity index (χ4v) is 2.54. The number of rotatable bonds is 7. The molecule has 0 N–H and O–H groups in total. The highest BCUT2D eigenvalue weighted by Gasteiger charge is 2.09. The van der Waals surface area contributed by atoms with Crippen LogP contribution < -0.4 is 4.90 Å². The summed E-state index contributed by atoms with van der Waals surface area (Å²) in [4.78, 5) is 2.25. The van der Waals surface area contributed by atoms with Crippen LogP contribution >= 0.6 is 0 Å². The molecule has 0 amide bonds. The minimum atomic E-state index is 0.666. The van der Waals surface area contributed by atoms with Gasteiger partial charge in [0.2, 0.25) is 0 Å². The normalized spacial score (nSPS) is 9.87. The third-order valence-electron chi connectivity index (χ3n) is 3.85. The lowest BCUT2D eigenvalue weighted by atomic mass is 10.1. The Balaban J connectivity index is 2.22. The molecule has 0 unspecified atom stereocenters. The number of hydrogen-bond donors (Lipinski definition) is 0. The van der Waals surface area contributed by atoms with Crippen molar-refractivity contribution in [3.05, 3.63) is 59.7 Å². The molecule has 0 aliphatic carbocycles. The lowest BCUT2D eigenvalue weighted by Crippen LogP contribution is -2.18. The second-order valence-corrected chi connectivity index (χ2v) is 5.53. The fourth-order valence-electron chi connectivity index (χ4n) is 2.54. The van der Waals surface area contributed by atoms with E-state index in [1.165, 1.54) is 19.3 Å². The maximum Gasteiger partial charge on any atom is 0.0991 e. The molecule has 0 saturated heterocycles. The van der Waals surface area contributed by atoms with Gasteiger partial charge in [0.15, 0.2) is 0 Å². The van der Waals surface area contributed by atoms with Crippen molar-refractivity contribution in [1.29, 1.82) is 10.5 Å². The van der Waals surface area contributed by atoms with Gasteiger partial charge in [-0.3, -0.25) is 0 Å². The third-order valence-corrected chi connectivity index (χ3v) is 3.85. The first-order valence-electron chi connectivity index (χ1n) is 8.06. The van der Waals surface area contributed by atoms with Crippen molar-refractivity contribution in [3.63, 3.8) is 0 Å². The molecule has 0 fully saturated rings. The fraction of sp³-hybridized carbons (Fsp3) is 0.300. The van der Waals surface area contributed by atoms with Crippen LogP contribution in [0, 0.1) is 22.7 Å². The average Bonchev–Trinajstić information content (AvgIpc) is 2.62. The molecule has 2 aromatic rings. The van der Waals surface area contributed by atoms with Gasteiger partial charge in [0.25, 0.3) is 0 Å². The SMILES string of the molecule is CCCCCCN(c1ccc(C#N)cc1)c1ccc(C#N)cc1. The molecule has 3 heteroatoms. The van der Waals surface area contributed by atoms with Crippen LogP contribution in [0.4, 0.5) is 11.4 Å². The highest BCUT2D eigenvalue weighted by atomic mass is 15.1. The standard InChI is InChI=1S/C20H21N3/c1-2-3-4-5-14-23(19-10-6-17(15-21)7-11-19)20-12-8-18(16-22)9-13-20/h6-13H,2-5,14H2,1H3. The Morgan fingerprint density at radius 2 is 1.22 bits per heavy atom. The predicted octanol–water partition coefficient (Wildman–Crippen LogP) is 5.15. The van der Waals surface area contributed by atoms with Crippen LogP contribution in [0.2, 0.25) is 0 Å². The minimum Gasteiger partial charge on any atom is -0.341 e. The van der Waals surface area contributed by atoms with E-state index in [1.807, 2.05) is 48.5 Å². The summed E-state index contributed by atoms with van der Waals surface area (Å²) in [5, 5.41) is 17.9. The molecule has 2 aromatic carbocycles. The van der Waals surface area contributed by atoms with Crippen molar-refractivity contribution in [1.82, 2.24) is 0 Å². The minimum absolute atomic E-state index is 0.666. The highest BCUT2D eigenvalue weighted by molar-refractivity contribution is 5.64. The topological polar surface area (TPSA) is 50.8 Å². The van der Waals surface area contributed by atoms with Crippen molar-refractivity contribution >= 4 is 11.4 Å². The molecule has 0 aromatic heterocycles. The van der Waals surface area contributed by atoms with Crippen LogP contribution in [0.15, 0.2) is 48.5 Å². The van der Waals surface area contributed by atoms with E-state index in [1.54, 1.807) is 0 Å². The Hall–Kier alpha value is -2.78. The number of benzene rings is 2. The summed E-state index contributed by atoms with van der Waals surface area (Å²) in [7, 11) is 0. The summed E-state index contributed by atoms with van der Waals surface area (Å²) in [5.74, 6) is 0. The second kappa shape index (κ2) is 8.61. The monoisotopic (exact) mass is 303 g/mol. The van der Waals surface area contributed by atoms with Crippen LogP contribution in [-0.2, 0) is 0 Å². The van der Waals surface area contributed by atoms with Gasteiger partial charge in [-0.05, 0) is 55.0 Å². The van der Waals surface area contributed by atoms with E-state index in [0.717, 1.165) is 24.3 Å². The lowest BCUT2D eigenvalue weighted by molar-refractivity contribution is 0.668. The largest absolute Gasteiger partial charge is 0.341 e. The molecule has 3 nitrogen and oxygen atoms in total. The van der Waals surface area contributed by atoms with Crippen LogP contribution in [0.25, 0.3) is 0 Å². The van der Waals surface area contributed by atoms with Gasteiger partial charge in [0, 0.05) is 17.9 Å². The zero-order valence-electron chi connectivity index (χ0n) is 13.5. The first-order valence-corrected chi connectivity index (χ1v) is 8.06. The maximum atomic E-state index is 8.95. The summed E-state index contributed by atoms with van der Waals surface area (Å²) < 4.78 is 0. The molecule has 0 heterocycles. The first-order chi connectivity index (χ1) is 11.3. The molecule has 0 saturated carbocycles. The molecule has 0 aliphatic heterocycles. The van der Waals surface area contributed by atoms with E-state index in [0.29, 0.717) is 11.1 Å². The van der Waals surface area contributed by atoms with E-state index < -0.39 is 0 Å². The number of nitriles is 2. The van der Waals surface area contributed by atoms with Crippen LogP contribution in [-0.4, -0.2) is 6.54 Å². The molecule has 116 valence electrons. The van der Waals surface area contributed by atoms with Crippen molar-refractivity contribution in [2.24, 2.45) is 0 Å². The summed E-state index contributed by atoms with van der Waals surface area (Å²) in [5.41, 5.74) is 3.48. The van der Waals surface area contributed by atoms with Gasteiger partial charge in [-0.1, -0.05) is 26.2 Å². The van der Waals surface area contributed by atoms with Gasteiger partial charge in [0.05, 0.1) is 23.3 Å². The third kappa shape index (κ3) is 4.59. The Morgan fingerprint density at radius 1 is 0.739 bits per heavy atom. The molecule has 0 aliphatic rings. The quantitative estimate of drug-likeness (QED) is 0.665. The van der Waals surface area contributed by atoms with Crippen LogP contribution in [0.1, 0.15) is 43.7 Å². The van der Waals surface area contributed by atoms with Crippen molar-refractivity contribution in [2.45, 2.75) is 32.6 Å². The summed E-state index contributed by atoms with van der Waals surface area (Å²) in [6.07, 6.45) is 4.79. The summed E-state index contributed by atoms with van der Waals surface area (Å²) >= 11 is 0. The van der Waals surface area contributed by atoms with Gasteiger partial charge in [-0.15, -0.1) is 0 Å². The molecule has 0 bridgehead atoms. The molecule has 2 rings (SSSR count). The zero-order valence-corrected chi connectivity index (χ0v) is 13.5. The molecular weight excluding hydrogens is 282 g/mol. The molecule has 0 atom stereocenters. The van der Waals surface area contributed by atoms with Crippen molar-refractivity contribution in [3.8, 4) is 12.1 Å². The average molecular weight is 303 g/mol. The van der Waals surface area contributed by atoms with Gasteiger partial charge < -0.3 is 4.90 Å². The van der Waals surface area contributed by atoms with Gasteiger partial charge in [0.1, 0.15) is 0 Å². The van der Waals surface area contributed by atoms with Crippen LogP contribution in [0.3, 0.4) is 0 Å². The van der Waals surface area contributed by atoms with Crippen molar-refractivity contribution in [2.75, 3.05) is 11.4 Å². The number of nitrogens with zero attached hydrogens (tertiary/aromatic N) is 3. The first kappa shape index (κ1) is 16.6. The highest BCUT2D eigenvalue weighted by Crippen LogP contribution is 2.26. The van der Waals surface area contributed by atoms with Gasteiger partial charge >= 0.3 is 0 Å². The van der Waals surface area contributed by atoms with E-state index in [9.17, 15) is 0 Å². The van der Waals surface area contributed by atoms with Gasteiger partial charge in [-0.25, -0.2) is 0 Å². The molecule has 0 radical (unpaired) electrons. The zero-order chi connectivity index (χ0) is 16.5. The number of anilines is 2. The van der Waals surface area contributed by atoms with Crippen LogP contribution in [0.5, 0.6) is 0 Å². The molecule has 23 heavy (non-hydrogen) atoms. The smallest absolute Gasteiger partial charge is 0.0991 e. The Kier molecular flexibility index (Phi) is 6.21. The molecule has 0 spiro atoms. The second-order valence-electron chi connectivity index (χ2n) is 5.53. The van der Waals surface area contributed by atoms with E-state index >= 15 is 0 Å². The van der Waals surface area contributed by atoms with Crippen molar-refractivity contribution < 1.29 is 0 Å². The Labute approximate surface area is 138 Å². The Bertz CT molecular complexity index is 630. The van der Waals surface area contributed by atoms with E-state index in [4.69, 9.17) is 10.5 Å². The maximum absolute atomic E-state index is 8.95. The number of unbranched alkanes of at least 4 members (excludes halogenated alkanes) is 3. The lowest BCUT2D eigenvalue weighted by Gasteiger charge is -2.25. The summed E-state index contributed by atoms with van der Waals surface area (Å²) in [6.45, 7) is 3.14.